The van der Waals surface area contributed by atoms with Crippen molar-refractivity contribution < 1.29 is 14.7 Å². The Morgan fingerprint density at radius 1 is 1.26 bits per heavy atom. The van der Waals surface area contributed by atoms with Gasteiger partial charge in [-0.05, 0) is 31.9 Å². The Balaban J connectivity index is 2.18. The van der Waals surface area contributed by atoms with Crippen LogP contribution in [-0.4, -0.2) is 27.5 Å². The van der Waals surface area contributed by atoms with Gasteiger partial charge >= 0.3 is 5.97 Å². The first-order valence-corrected chi connectivity index (χ1v) is 6.53. The summed E-state index contributed by atoms with van der Waals surface area (Å²) in [7, 11) is 0. The smallest absolute Gasteiger partial charge is 0.329 e. The fourth-order valence-corrected chi connectivity index (χ4v) is 2.50. The molecule has 1 aromatic heterocycles. The Bertz CT molecular complexity index is 493. The summed E-state index contributed by atoms with van der Waals surface area (Å²) in [4.78, 5) is 27.7. The van der Waals surface area contributed by atoms with E-state index in [-0.39, 0.29) is 5.69 Å². The molecule has 102 valence electrons. The fourth-order valence-electron chi connectivity index (χ4n) is 2.50. The number of carbonyl (C=O) groups is 2. The highest BCUT2D eigenvalue weighted by Gasteiger charge is 2.41. The molecule has 0 aromatic carbocycles. The van der Waals surface area contributed by atoms with E-state index in [4.69, 9.17) is 0 Å². The van der Waals surface area contributed by atoms with Gasteiger partial charge in [-0.2, -0.15) is 0 Å². The monoisotopic (exact) mass is 262 g/mol. The number of aryl methyl sites for hydroxylation is 1. The number of carboxylic acids is 1. The van der Waals surface area contributed by atoms with E-state index in [1.807, 2.05) is 0 Å². The second-order valence-corrected chi connectivity index (χ2v) is 5.07. The Hall–Kier alpha value is -1.91. The number of nitrogens with one attached hydrogen (secondary N) is 1. The van der Waals surface area contributed by atoms with Crippen molar-refractivity contribution in [2.45, 2.75) is 44.6 Å². The molecule has 1 aliphatic rings. The van der Waals surface area contributed by atoms with Crippen molar-refractivity contribution in [2.24, 2.45) is 0 Å². The number of aliphatic carboxylic acids is 1. The predicted molar refractivity (Wildman–Crippen MR) is 69.9 cm³/mol. The van der Waals surface area contributed by atoms with E-state index in [2.05, 4.69) is 10.3 Å². The number of hydrogen-bond acceptors (Lipinski definition) is 3. The van der Waals surface area contributed by atoms with Crippen LogP contribution in [0, 0.1) is 6.92 Å². The van der Waals surface area contributed by atoms with E-state index in [0.29, 0.717) is 12.8 Å². The van der Waals surface area contributed by atoms with Crippen LogP contribution in [0.5, 0.6) is 0 Å². The zero-order valence-corrected chi connectivity index (χ0v) is 11.0. The normalized spacial score (nSPS) is 17.7. The van der Waals surface area contributed by atoms with Crippen LogP contribution in [0.2, 0.25) is 0 Å². The molecular formula is C14H18N2O3. The number of pyridine rings is 1. The molecule has 0 radical (unpaired) electrons. The zero-order chi connectivity index (χ0) is 13.9. The van der Waals surface area contributed by atoms with Gasteiger partial charge in [0.15, 0.2) is 0 Å². The molecule has 0 spiro atoms. The van der Waals surface area contributed by atoms with Crippen LogP contribution in [0.25, 0.3) is 0 Å². The lowest BCUT2D eigenvalue weighted by Gasteiger charge is -2.33. The van der Waals surface area contributed by atoms with Gasteiger partial charge in [0.2, 0.25) is 0 Å². The minimum absolute atomic E-state index is 0.270. The van der Waals surface area contributed by atoms with Crippen LogP contribution in [0.15, 0.2) is 18.2 Å². The van der Waals surface area contributed by atoms with Gasteiger partial charge in [0.05, 0.1) is 0 Å². The number of carboxylic acid groups (broad SMARTS) is 1. The summed E-state index contributed by atoms with van der Waals surface area (Å²) in [5.74, 6) is -1.36. The molecule has 1 saturated carbocycles. The van der Waals surface area contributed by atoms with Crippen molar-refractivity contribution in [3.05, 3.63) is 29.6 Å². The highest BCUT2D eigenvalue weighted by molar-refractivity contribution is 5.96. The van der Waals surface area contributed by atoms with Gasteiger partial charge < -0.3 is 10.4 Å². The largest absolute Gasteiger partial charge is 0.480 e. The molecule has 0 aliphatic heterocycles. The van der Waals surface area contributed by atoms with Gasteiger partial charge in [0, 0.05) is 5.69 Å². The highest BCUT2D eigenvalue weighted by atomic mass is 16.4. The number of amides is 1. The topological polar surface area (TPSA) is 79.3 Å². The van der Waals surface area contributed by atoms with Crippen LogP contribution in [0.1, 0.15) is 48.3 Å². The maximum Gasteiger partial charge on any atom is 0.329 e. The zero-order valence-electron chi connectivity index (χ0n) is 11.0. The van der Waals surface area contributed by atoms with Crippen molar-refractivity contribution in [3.8, 4) is 0 Å². The van der Waals surface area contributed by atoms with Gasteiger partial charge in [0.1, 0.15) is 11.2 Å². The van der Waals surface area contributed by atoms with Crippen LogP contribution >= 0.6 is 0 Å². The summed E-state index contributed by atoms with van der Waals surface area (Å²) in [6.07, 6.45) is 3.65. The SMILES string of the molecule is Cc1cccc(C(=O)NC2(C(=O)O)CCCCC2)n1. The molecule has 0 saturated heterocycles. The Labute approximate surface area is 112 Å². The average molecular weight is 262 g/mol. The Morgan fingerprint density at radius 2 is 1.95 bits per heavy atom. The third-order valence-electron chi connectivity index (χ3n) is 3.59. The molecule has 0 bridgehead atoms. The minimum atomic E-state index is -1.12. The van der Waals surface area contributed by atoms with Crippen molar-refractivity contribution in [1.29, 1.82) is 0 Å². The van der Waals surface area contributed by atoms with Crippen LogP contribution in [-0.2, 0) is 4.79 Å². The standard InChI is InChI=1S/C14H18N2O3/c1-10-6-5-7-11(15-10)12(17)16-14(13(18)19)8-3-2-4-9-14/h5-7H,2-4,8-9H2,1H3,(H,16,17)(H,18,19). The average Bonchev–Trinajstić information content (AvgIpc) is 2.39. The first-order chi connectivity index (χ1) is 9.03. The van der Waals surface area contributed by atoms with Gasteiger partial charge in [-0.1, -0.05) is 25.3 Å². The lowest BCUT2D eigenvalue weighted by Crippen LogP contribution is -2.55. The molecular weight excluding hydrogens is 244 g/mol. The van der Waals surface area contributed by atoms with Crippen LogP contribution in [0.4, 0.5) is 0 Å². The van der Waals surface area contributed by atoms with E-state index >= 15 is 0 Å². The summed E-state index contributed by atoms with van der Waals surface area (Å²) in [5.41, 5.74) is -0.118. The molecule has 1 aliphatic carbocycles. The molecule has 1 fully saturated rings. The van der Waals surface area contributed by atoms with Crippen LogP contribution in [0.3, 0.4) is 0 Å². The molecule has 2 N–H and O–H groups in total. The van der Waals surface area contributed by atoms with Crippen LogP contribution < -0.4 is 5.32 Å². The van der Waals surface area contributed by atoms with Gasteiger partial charge in [-0.3, -0.25) is 4.79 Å². The minimum Gasteiger partial charge on any atom is -0.480 e. The maximum atomic E-state index is 12.1. The van der Waals surface area contributed by atoms with Crippen molar-refractivity contribution >= 4 is 11.9 Å². The molecule has 19 heavy (non-hydrogen) atoms. The molecule has 1 aromatic rings. The van der Waals surface area contributed by atoms with Crippen molar-refractivity contribution in [1.82, 2.24) is 10.3 Å². The Morgan fingerprint density at radius 3 is 2.53 bits per heavy atom. The molecule has 0 unspecified atom stereocenters. The van der Waals surface area contributed by atoms with E-state index in [1.54, 1.807) is 25.1 Å². The molecule has 0 atom stereocenters. The second-order valence-electron chi connectivity index (χ2n) is 5.07. The third-order valence-corrected chi connectivity index (χ3v) is 3.59. The first-order valence-electron chi connectivity index (χ1n) is 6.53. The number of aromatic nitrogens is 1. The summed E-state index contributed by atoms with van der Waals surface area (Å²) in [5, 5.41) is 12.1. The Kier molecular flexibility index (Phi) is 3.83. The van der Waals surface area contributed by atoms with Gasteiger partial charge in [0.25, 0.3) is 5.91 Å². The van der Waals surface area contributed by atoms with Crippen molar-refractivity contribution in [3.63, 3.8) is 0 Å². The molecule has 1 heterocycles. The van der Waals surface area contributed by atoms with E-state index < -0.39 is 17.4 Å². The van der Waals surface area contributed by atoms with Crippen molar-refractivity contribution in [2.75, 3.05) is 0 Å². The van der Waals surface area contributed by atoms with Gasteiger partial charge in [-0.15, -0.1) is 0 Å². The quantitative estimate of drug-likeness (QED) is 0.872. The second kappa shape index (κ2) is 5.38. The molecule has 2 rings (SSSR count). The number of hydrogen-bond donors (Lipinski definition) is 2. The van der Waals surface area contributed by atoms with E-state index in [1.165, 1.54) is 0 Å². The number of rotatable bonds is 3. The van der Waals surface area contributed by atoms with E-state index in [9.17, 15) is 14.7 Å². The van der Waals surface area contributed by atoms with E-state index in [0.717, 1.165) is 25.0 Å². The highest BCUT2D eigenvalue weighted by Crippen LogP contribution is 2.28. The number of nitrogens with zero attached hydrogens (tertiary/aromatic N) is 1. The molecule has 5 nitrogen and oxygen atoms in total. The summed E-state index contributed by atoms with van der Waals surface area (Å²) in [6, 6.07) is 5.14. The third kappa shape index (κ3) is 2.92. The summed E-state index contributed by atoms with van der Waals surface area (Å²) >= 11 is 0. The molecule has 5 heteroatoms. The lowest BCUT2D eigenvalue weighted by atomic mass is 9.81. The summed E-state index contributed by atoms with van der Waals surface area (Å²) in [6.45, 7) is 1.80. The first kappa shape index (κ1) is 13.5. The van der Waals surface area contributed by atoms with Gasteiger partial charge in [-0.25, -0.2) is 9.78 Å². The number of carbonyl (C=O) groups excluding carboxylic acids is 1. The fraction of sp³-hybridized carbons (Fsp3) is 0.500. The molecule has 1 amide bonds. The maximum absolute atomic E-state index is 12.1. The predicted octanol–water partition coefficient (Wildman–Crippen LogP) is 1.91. The lowest BCUT2D eigenvalue weighted by molar-refractivity contribution is -0.145. The summed E-state index contributed by atoms with van der Waals surface area (Å²) < 4.78 is 0.